The Kier molecular flexibility index (Phi) is 5.52. The van der Waals surface area contributed by atoms with Crippen LogP contribution in [0.2, 0.25) is 0 Å². The number of carbonyl (C=O) groups excluding carboxylic acids is 1. The van der Waals surface area contributed by atoms with Crippen molar-refractivity contribution in [2.75, 3.05) is 5.32 Å². The van der Waals surface area contributed by atoms with Crippen molar-refractivity contribution in [1.82, 2.24) is 19.6 Å². The maximum Gasteiger partial charge on any atom is 0.416 e. The van der Waals surface area contributed by atoms with Gasteiger partial charge in [-0.1, -0.05) is 12.1 Å². The molecule has 1 amide bonds. The molecule has 170 valence electrons. The molecule has 0 bridgehead atoms. The summed E-state index contributed by atoms with van der Waals surface area (Å²) in [6.07, 6.45) is -2.99. The van der Waals surface area contributed by atoms with Crippen LogP contribution in [0.25, 0.3) is 16.6 Å². The third kappa shape index (κ3) is 4.36. The van der Waals surface area contributed by atoms with E-state index >= 15 is 0 Å². The number of nitrogens with zero attached hydrogens (tertiary/aromatic N) is 4. The van der Waals surface area contributed by atoms with Crippen LogP contribution in [-0.2, 0) is 17.5 Å². The number of nitrogens with one attached hydrogen (secondary N) is 1. The van der Waals surface area contributed by atoms with Gasteiger partial charge in [-0.25, -0.2) is 9.36 Å². The van der Waals surface area contributed by atoms with Crippen molar-refractivity contribution in [3.63, 3.8) is 0 Å². The average molecular weight is 455 g/mol. The van der Waals surface area contributed by atoms with Crippen molar-refractivity contribution in [3.05, 3.63) is 81.4 Å². The lowest BCUT2D eigenvalue weighted by atomic mass is 10.1. The average Bonchev–Trinajstić information content (AvgIpc) is 3.19. The monoisotopic (exact) mass is 455 g/mol. The summed E-state index contributed by atoms with van der Waals surface area (Å²) in [5, 5.41) is 11.5. The minimum Gasteiger partial charge on any atom is -0.324 e. The number of fused-ring (bicyclic) bond motifs is 1. The number of hydrogen-bond donors (Lipinski definition) is 1. The van der Waals surface area contributed by atoms with Gasteiger partial charge in [0.15, 0.2) is 0 Å². The van der Waals surface area contributed by atoms with Crippen LogP contribution in [0.1, 0.15) is 22.4 Å². The number of benzene rings is 2. The zero-order chi connectivity index (χ0) is 23.9. The molecule has 2 aromatic heterocycles. The Labute approximate surface area is 186 Å². The number of aromatic nitrogens is 4. The van der Waals surface area contributed by atoms with Gasteiger partial charge in [0.05, 0.1) is 23.1 Å². The number of aryl methyl sites for hydroxylation is 3. The summed E-state index contributed by atoms with van der Waals surface area (Å²) in [6, 6.07) is 9.95. The van der Waals surface area contributed by atoms with Crippen LogP contribution in [0.4, 0.5) is 18.9 Å². The van der Waals surface area contributed by atoms with Gasteiger partial charge in [0.2, 0.25) is 5.91 Å². The van der Waals surface area contributed by atoms with Crippen LogP contribution < -0.4 is 10.9 Å². The van der Waals surface area contributed by atoms with E-state index in [2.05, 4.69) is 15.5 Å². The highest BCUT2D eigenvalue weighted by atomic mass is 19.4. The molecule has 0 saturated carbocycles. The second kappa shape index (κ2) is 8.19. The summed E-state index contributed by atoms with van der Waals surface area (Å²) >= 11 is 0. The molecule has 0 radical (unpaired) electrons. The maximum absolute atomic E-state index is 13.2. The first-order chi connectivity index (χ1) is 15.5. The molecule has 0 aliphatic carbocycles. The van der Waals surface area contributed by atoms with Gasteiger partial charge in [0.1, 0.15) is 12.1 Å². The van der Waals surface area contributed by atoms with Gasteiger partial charge in [0.25, 0.3) is 5.56 Å². The topological polar surface area (TPSA) is 81.8 Å². The summed E-state index contributed by atoms with van der Waals surface area (Å²) in [4.78, 5) is 25.7. The lowest BCUT2D eigenvalue weighted by Crippen LogP contribution is -2.31. The van der Waals surface area contributed by atoms with E-state index in [0.29, 0.717) is 16.8 Å². The second-order valence-electron chi connectivity index (χ2n) is 7.76. The van der Waals surface area contributed by atoms with E-state index in [9.17, 15) is 22.8 Å². The molecule has 0 fully saturated rings. The molecule has 2 aromatic carbocycles. The summed E-state index contributed by atoms with van der Waals surface area (Å²) in [6.45, 7) is 5.15. The first kappa shape index (κ1) is 22.3. The lowest BCUT2D eigenvalue weighted by Gasteiger charge is -2.11. The molecular formula is C23H20F3N5O2. The van der Waals surface area contributed by atoms with Crippen LogP contribution >= 0.6 is 0 Å². The van der Waals surface area contributed by atoms with Crippen molar-refractivity contribution in [3.8, 4) is 5.69 Å². The first-order valence-electron chi connectivity index (χ1n) is 10.0. The number of halogens is 3. The second-order valence-corrected chi connectivity index (χ2v) is 7.76. The van der Waals surface area contributed by atoms with Crippen molar-refractivity contribution in [2.24, 2.45) is 0 Å². The molecule has 10 heteroatoms. The Balaban J connectivity index is 1.67. The fourth-order valence-electron chi connectivity index (χ4n) is 3.49. The van der Waals surface area contributed by atoms with Gasteiger partial charge >= 0.3 is 6.18 Å². The van der Waals surface area contributed by atoms with Crippen LogP contribution in [-0.4, -0.2) is 25.5 Å². The SMILES string of the molecule is Cc1ccc(-n2ncc3c(C)nn(CC(=O)Nc4cccc(C(F)(F)F)c4)c(=O)c32)cc1C. The van der Waals surface area contributed by atoms with E-state index in [4.69, 9.17) is 0 Å². The molecule has 0 unspecified atom stereocenters. The van der Waals surface area contributed by atoms with Gasteiger partial charge in [-0.3, -0.25) is 9.59 Å². The standard InChI is InChI=1S/C23H20F3N5O2/c1-13-7-8-18(9-14(13)2)31-21-19(11-27-31)15(3)29-30(22(21)33)12-20(32)28-17-6-4-5-16(10-17)23(24,25)26/h4-11H,12H2,1-3H3,(H,28,32). The highest BCUT2D eigenvalue weighted by Gasteiger charge is 2.30. The summed E-state index contributed by atoms with van der Waals surface area (Å²) in [7, 11) is 0. The number of hydrogen-bond acceptors (Lipinski definition) is 4. The van der Waals surface area contributed by atoms with Gasteiger partial charge in [-0.2, -0.15) is 23.4 Å². The van der Waals surface area contributed by atoms with Crippen LogP contribution in [0, 0.1) is 20.8 Å². The quantitative estimate of drug-likeness (QED) is 0.501. The summed E-state index contributed by atoms with van der Waals surface area (Å²) in [5.41, 5.74) is 2.12. The third-order valence-corrected chi connectivity index (χ3v) is 5.37. The predicted octanol–water partition coefficient (Wildman–Crippen LogP) is 4.16. The fraction of sp³-hybridized carbons (Fsp3) is 0.217. The third-order valence-electron chi connectivity index (χ3n) is 5.37. The zero-order valence-corrected chi connectivity index (χ0v) is 18.1. The van der Waals surface area contributed by atoms with E-state index in [0.717, 1.165) is 27.9 Å². The Bertz CT molecular complexity index is 1440. The van der Waals surface area contributed by atoms with E-state index in [1.54, 1.807) is 13.1 Å². The number of rotatable bonds is 4. The Morgan fingerprint density at radius 1 is 1.06 bits per heavy atom. The highest BCUT2D eigenvalue weighted by Crippen LogP contribution is 2.30. The number of alkyl halides is 3. The van der Waals surface area contributed by atoms with Crippen molar-refractivity contribution >= 4 is 22.5 Å². The molecule has 1 N–H and O–H groups in total. The van der Waals surface area contributed by atoms with Gasteiger partial charge in [0, 0.05) is 11.1 Å². The highest BCUT2D eigenvalue weighted by molar-refractivity contribution is 5.91. The predicted molar refractivity (Wildman–Crippen MR) is 117 cm³/mol. The number of anilines is 1. The Hall–Kier alpha value is -3.95. The van der Waals surface area contributed by atoms with Crippen LogP contribution in [0.15, 0.2) is 53.5 Å². The Morgan fingerprint density at radius 3 is 2.52 bits per heavy atom. The van der Waals surface area contributed by atoms with Crippen molar-refractivity contribution in [2.45, 2.75) is 33.5 Å². The fourth-order valence-corrected chi connectivity index (χ4v) is 3.49. The van der Waals surface area contributed by atoms with E-state index in [-0.39, 0.29) is 11.2 Å². The Morgan fingerprint density at radius 2 is 1.82 bits per heavy atom. The maximum atomic E-state index is 13.2. The van der Waals surface area contributed by atoms with E-state index in [1.807, 2.05) is 32.0 Å². The van der Waals surface area contributed by atoms with E-state index < -0.39 is 29.8 Å². The smallest absolute Gasteiger partial charge is 0.324 e. The minimum atomic E-state index is -4.53. The van der Waals surface area contributed by atoms with Crippen molar-refractivity contribution in [1.29, 1.82) is 0 Å². The lowest BCUT2D eigenvalue weighted by molar-refractivity contribution is -0.137. The molecule has 0 saturated heterocycles. The molecule has 0 atom stereocenters. The molecule has 4 aromatic rings. The minimum absolute atomic E-state index is 0.0270. The molecule has 7 nitrogen and oxygen atoms in total. The molecular weight excluding hydrogens is 435 g/mol. The largest absolute Gasteiger partial charge is 0.416 e. The zero-order valence-electron chi connectivity index (χ0n) is 18.1. The molecule has 0 spiro atoms. The van der Waals surface area contributed by atoms with Gasteiger partial charge < -0.3 is 5.32 Å². The number of carbonyl (C=O) groups is 1. The summed E-state index contributed by atoms with van der Waals surface area (Å²) in [5.74, 6) is -0.681. The van der Waals surface area contributed by atoms with Crippen LogP contribution in [0.3, 0.4) is 0 Å². The molecule has 0 aliphatic heterocycles. The number of amides is 1. The molecule has 0 aliphatic rings. The first-order valence-corrected chi connectivity index (χ1v) is 10.0. The van der Waals surface area contributed by atoms with Gasteiger partial charge in [-0.05, 0) is 62.2 Å². The summed E-state index contributed by atoms with van der Waals surface area (Å²) < 4.78 is 41.2. The normalized spacial score (nSPS) is 11.7. The molecule has 2 heterocycles. The van der Waals surface area contributed by atoms with Crippen LogP contribution in [0.5, 0.6) is 0 Å². The van der Waals surface area contributed by atoms with Gasteiger partial charge in [-0.15, -0.1) is 0 Å². The molecule has 33 heavy (non-hydrogen) atoms. The van der Waals surface area contributed by atoms with E-state index in [1.165, 1.54) is 16.8 Å². The molecule has 4 rings (SSSR count). The van der Waals surface area contributed by atoms with Crippen molar-refractivity contribution < 1.29 is 18.0 Å².